The minimum Gasteiger partial charge on any atom is -0.369 e. The fourth-order valence-electron chi connectivity index (χ4n) is 1.65. The quantitative estimate of drug-likeness (QED) is 0.755. The molecule has 3 rings (SSSR count). The van der Waals surface area contributed by atoms with Crippen LogP contribution in [0, 0.1) is 12.3 Å². The van der Waals surface area contributed by atoms with Crippen molar-refractivity contribution in [3.05, 3.63) is 48.2 Å². The third-order valence-electron chi connectivity index (χ3n) is 3.36. The standard InChI is InChI=1S/C12H14N2O2.C6H4/c1-5-9-7-6-8-13-10(9)14-11(15)12(2,3)16-4;1-2-5-4-6(5)3-1/h1,6-8H,2-4H3,(H,13,14,15);1-4H. The van der Waals surface area contributed by atoms with E-state index in [0.29, 0.717) is 11.4 Å². The number of terminal acetylenes is 1. The second-order valence-corrected chi connectivity index (χ2v) is 5.29. The largest absolute Gasteiger partial charge is 0.369 e. The lowest BCUT2D eigenvalue weighted by atomic mass is 10.1. The first kappa shape index (κ1) is 15.7. The summed E-state index contributed by atoms with van der Waals surface area (Å²) in [6.45, 7) is 3.33. The highest BCUT2D eigenvalue weighted by Gasteiger charge is 2.27. The third-order valence-corrected chi connectivity index (χ3v) is 3.36. The van der Waals surface area contributed by atoms with E-state index in [1.54, 1.807) is 32.2 Å². The molecule has 22 heavy (non-hydrogen) atoms. The van der Waals surface area contributed by atoms with Crippen LogP contribution >= 0.6 is 0 Å². The summed E-state index contributed by atoms with van der Waals surface area (Å²) in [6.07, 6.45) is 6.86. The van der Waals surface area contributed by atoms with Crippen molar-refractivity contribution < 1.29 is 9.53 Å². The highest BCUT2D eigenvalue weighted by atomic mass is 16.5. The molecule has 0 fully saturated rings. The number of nitrogens with zero attached hydrogens (tertiary/aromatic N) is 1. The number of ether oxygens (including phenoxy) is 1. The van der Waals surface area contributed by atoms with Gasteiger partial charge in [0.1, 0.15) is 11.4 Å². The van der Waals surface area contributed by atoms with Crippen molar-refractivity contribution in [1.82, 2.24) is 4.98 Å². The summed E-state index contributed by atoms with van der Waals surface area (Å²) in [5.41, 5.74) is 2.48. The summed E-state index contributed by atoms with van der Waals surface area (Å²) < 4.78 is 5.05. The maximum Gasteiger partial charge on any atom is 0.257 e. The molecule has 1 heterocycles. The third kappa shape index (κ3) is 3.72. The van der Waals surface area contributed by atoms with Crippen molar-refractivity contribution in [2.24, 2.45) is 0 Å². The molecule has 0 saturated carbocycles. The van der Waals surface area contributed by atoms with Crippen molar-refractivity contribution in [3.8, 4) is 23.5 Å². The number of amides is 1. The lowest BCUT2D eigenvalue weighted by Crippen LogP contribution is -2.39. The van der Waals surface area contributed by atoms with Crippen LogP contribution in [0.25, 0.3) is 11.1 Å². The van der Waals surface area contributed by atoms with Crippen LogP contribution in [0.15, 0.2) is 42.6 Å². The predicted molar refractivity (Wildman–Crippen MR) is 87.3 cm³/mol. The van der Waals surface area contributed by atoms with Crippen molar-refractivity contribution in [1.29, 1.82) is 0 Å². The smallest absolute Gasteiger partial charge is 0.257 e. The van der Waals surface area contributed by atoms with E-state index in [-0.39, 0.29) is 5.91 Å². The molecule has 1 aromatic heterocycles. The van der Waals surface area contributed by atoms with E-state index in [2.05, 4.69) is 40.5 Å². The van der Waals surface area contributed by atoms with Gasteiger partial charge in [0.25, 0.3) is 5.91 Å². The number of aromatic nitrogens is 1. The molecule has 4 nitrogen and oxygen atoms in total. The van der Waals surface area contributed by atoms with Gasteiger partial charge in [-0.2, -0.15) is 0 Å². The van der Waals surface area contributed by atoms with Crippen LogP contribution in [0.4, 0.5) is 5.82 Å². The van der Waals surface area contributed by atoms with Gasteiger partial charge >= 0.3 is 0 Å². The van der Waals surface area contributed by atoms with Gasteiger partial charge in [-0.3, -0.25) is 4.79 Å². The molecule has 0 radical (unpaired) electrons. The van der Waals surface area contributed by atoms with Gasteiger partial charge in [-0.15, -0.1) is 6.42 Å². The zero-order valence-corrected chi connectivity index (χ0v) is 12.9. The van der Waals surface area contributed by atoms with Crippen LogP contribution in [0.2, 0.25) is 0 Å². The van der Waals surface area contributed by atoms with Crippen molar-refractivity contribution in [2.75, 3.05) is 12.4 Å². The summed E-state index contributed by atoms with van der Waals surface area (Å²) in [6, 6.07) is 11.9. The molecule has 0 aliphatic heterocycles. The molecule has 1 amide bonds. The number of hydrogen-bond acceptors (Lipinski definition) is 3. The number of anilines is 1. The lowest BCUT2D eigenvalue weighted by Gasteiger charge is -2.21. The summed E-state index contributed by atoms with van der Waals surface area (Å²) in [5.74, 6) is 2.54. The number of fused-ring (bicyclic) bond motifs is 1. The van der Waals surface area contributed by atoms with E-state index in [0.717, 1.165) is 0 Å². The first-order valence-electron chi connectivity index (χ1n) is 6.86. The maximum absolute atomic E-state index is 11.8. The van der Waals surface area contributed by atoms with Gasteiger partial charge in [0.15, 0.2) is 0 Å². The Morgan fingerprint density at radius 1 is 1.27 bits per heavy atom. The van der Waals surface area contributed by atoms with E-state index in [1.807, 2.05) is 0 Å². The Kier molecular flexibility index (Phi) is 4.59. The normalized spacial score (nSPS) is 10.8. The minimum absolute atomic E-state index is 0.287. The zero-order chi connectivity index (χ0) is 16.2. The number of methoxy groups -OCH3 is 1. The molecule has 0 bridgehead atoms. The number of hydrogen-bond donors (Lipinski definition) is 1. The van der Waals surface area contributed by atoms with Crippen LogP contribution < -0.4 is 5.32 Å². The van der Waals surface area contributed by atoms with Gasteiger partial charge in [0.05, 0.1) is 5.56 Å². The fraction of sp³-hybridized carbons (Fsp3) is 0.222. The Morgan fingerprint density at radius 2 is 1.95 bits per heavy atom. The first-order chi connectivity index (χ1) is 10.5. The summed E-state index contributed by atoms with van der Waals surface area (Å²) >= 11 is 0. The summed E-state index contributed by atoms with van der Waals surface area (Å²) in [5, 5.41) is 2.64. The molecule has 1 aromatic rings. The van der Waals surface area contributed by atoms with Crippen LogP contribution in [0.3, 0.4) is 0 Å². The Hall–Kier alpha value is -2.64. The molecule has 2 aliphatic rings. The highest BCUT2D eigenvalue weighted by molar-refractivity contribution is 5.96. The molecule has 0 atom stereocenters. The molecule has 0 spiro atoms. The lowest BCUT2D eigenvalue weighted by molar-refractivity contribution is -0.133. The molecule has 4 heteroatoms. The number of rotatable bonds is 3. The number of nitrogens with one attached hydrogen (secondary N) is 1. The summed E-state index contributed by atoms with van der Waals surface area (Å²) in [4.78, 5) is 15.8. The van der Waals surface area contributed by atoms with E-state index < -0.39 is 5.60 Å². The average molecular weight is 294 g/mol. The van der Waals surface area contributed by atoms with Gasteiger partial charge < -0.3 is 10.1 Å². The molecule has 1 N–H and O–H groups in total. The van der Waals surface area contributed by atoms with Gasteiger partial charge in [-0.05, 0) is 43.2 Å². The number of carbonyl (C=O) groups is 1. The SMILES string of the molecule is C#Cc1cccnc1NC(=O)C(C)(C)OC.c1cc2cc-2c1. The predicted octanol–water partition coefficient (Wildman–Crippen LogP) is 3.09. The zero-order valence-electron chi connectivity index (χ0n) is 12.9. The Labute approximate surface area is 130 Å². The van der Waals surface area contributed by atoms with Crippen molar-refractivity contribution >= 4 is 11.7 Å². The van der Waals surface area contributed by atoms with E-state index in [4.69, 9.17) is 11.2 Å². The minimum atomic E-state index is -0.913. The molecular formula is C18H18N2O2. The van der Waals surface area contributed by atoms with Gasteiger partial charge in [0.2, 0.25) is 0 Å². The Balaban J connectivity index is 0.000000238. The Bertz CT molecular complexity index is 713. The molecule has 2 aliphatic carbocycles. The van der Waals surface area contributed by atoms with Crippen molar-refractivity contribution in [3.63, 3.8) is 0 Å². The summed E-state index contributed by atoms with van der Waals surface area (Å²) in [7, 11) is 1.47. The fourth-order valence-corrected chi connectivity index (χ4v) is 1.65. The Morgan fingerprint density at radius 3 is 2.41 bits per heavy atom. The number of carbonyl (C=O) groups excluding carboxylic acids is 1. The van der Waals surface area contributed by atoms with Crippen LogP contribution in [0.5, 0.6) is 0 Å². The molecule has 0 saturated heterocycles. The van der Waals surface area contributed by atoms with E-state index >= 15 is 0 Å². The van der Waals surface area contributed by atoms with Crippen LogP contribution in [0.1, 0.15) is 19.4 Å². The van der Waals surface area contributed by atoms with Gasteiger partial charge in [-0.1, -0.05) is 24.1 Å². The molecule has 0 aromatic carbocycles. The maximum atomic E-state index is 11.8. The van der Waals surface area contributed by atoms with Gasteiger partial charge in [0, 0.05) is 13.3 Å². The second-order valence-electron chi connectivity index (χ2n) is 5.29. The number of benzene rings is 1. The number of pyridine rings is 1. The van der Waals surface area contributed by atoms with Crippen molar-refractivity contribution in [2.45, 2.75) is 19.4 Å². The monoisotopic (exact) mass is 294 g/mol. The first-order valence-corrected chi connectivity index (χ1v) is 6.86. The second kappa shape index (κ2) is 6.42. The van der Waals surface area contributed by atoms with Crippen LogP contribution in [-0.4, -0.2) is 23.6 Å². The molecule has 0 unspecified atom stereocenters. The topological polar surface area (TPSA) is 51.2 Å². The molecule has 112 valence electrons. The van der Waals surface area contributed by atoms with Crippen LogP contribution in [-0.2, 0) is 9.53 Å². The van der Waals surface area contributed by atoms with Gasteiger partial charge in [-0.25, -0.2) is 4.98 Å². The average Bonchev–Trinajstić information content (AvgIpc) is 3.14. The van der Waals surface area contributed by atoms with E-state index in [9.17, 15) is 4.79 Å². The molecular weight excluding hydrogens is 276 g/mol. The highest BCUT2D eigenvalue weighted by Crippen LogP contribution is 2.32. The van der Waals surface area contributed by atoms with E-state index in [1.165, 1.54) is 18.2 Å².